The van der Waals surface area contributed by atoms with Crippen molar-refractivity contribution >= 4 is 23.4 Å². The molecule has 0 unspecified atom stereocenters. The number of hydrogen-bond acceptors (Lipinski definition) is 4. The van der Waals surface area contributed by atoms with Gasteiger partial charge in [-0.05, 0) is 31.5 Å². The molecule has 0 fully saturated rings. The molecule has 1 aromatic carbocycles. The first-order valence-electron chi connectivity index (χ1n) is 6.71. The van der Waals surface area contributed by atoms with Crippen molar-refractivity contribution in [2.24, 2.45) is 11.7 Å². The van der Waals surface area contributed by atoms with Crippen LogP contribution in [0, 0.1) is 17.2 Å². The fourth-order valence-electron chi connectivity index (χ4n) is 1.84. The highest BCUT2D eigenvalue weighted by molar-refractivity contribution is 5.99. The number of hydrogen-bond donors (Lipinski definition) is 3. The Kier molecular flexibility index (Phi) is 6.08. The summed E-state index contributed by atoms with van der Waals surface area (Å²) in [7, 11) is 0. The van der Waals surface area contributed by atoms with E-state index in [1.807, 2.05) is 6.07 Å². The highest BCUT2D eigenvalue weighted by atomic mass is 16.2. The average Bonchev–Trinajstić information content (AvgIpc) is 2.45. The molecule has 0 bridgehead atoms. The molecule has 0 spiro atoms. The molecule has 0 radical (unpaired) electrons. The number of rotatable bonds is 6. The first-order valence-corrected chi connectivity index (χ1v) is 6.71. The largest absolute Gasteiger partial charge is 0.368 e. The van der Waals surface area contributed by atoms with Crippen molar-refractivity contribution in [2.75, 3.05) is 5.32 Å². The maximum Gasteiger partial charge on any atom is 0.252 e. The Hall–Kier alpha value is -2.88. The average molecular weight is 302 g/mol. The van der Waals surface area contributed by atoms with Gasteiger partial charge in [0.05, 0.1) is 6.07 Å². The fourth-order valence-corrected chi connectivity index (χ4v) is 1.84. The summed E-state index contributed by atoms with van der Waals surface area (Å²) in [6, 6.07) is 7.35. The standard InChI is InChI=1S/C15H18N4O3/c1-9(8-16)6-13(14(17)21)19-15(22)11-4-3-5-12(7-11)18-10(2)20/h3-5,7,9,13H,6H2,1-2H3,(H2,17,21)(H,18,20)(H,19,22)/t9-,13-/m1/s1. The number of primary amides is 1. The summed E-state index contributed by atoms with van der Waals surface area (Å²) < 4.78 is 0. The number of nitrogens with one attached hydrogen (secondary N) is 2. The van der Waals surface area contributed by atoms with Gasteiger partial charge in [0.15, 0.2) is 0 Å². The van der Waals surface area contributed by atoms with E-state index in [0.717, 1.165) is 0 Å². The van der Waals surface area contributed by atoms with Gasteiger partial charge in [0.1, 0.15) is 6.04 Å². The number of anilines is 1. The van der Waals surface area contributed by atoms with Crippen molar-refractivity contribution in [3.05, 3.63) is 29.8 Å². The van der Waals surface area contributed by atoms with E-state index in [4.69, 9.17) is 11.0 Å². The summed E-state index contributed by atoms with van der Waals surface area (Å²) in [6.45, 7) is 3.00. The molecule has 1 aromatic rings. The Morgan fingerprint density at radius 3 is 2.59 bits per heavy atom. The van der Waals surface area contributed by atoms with E-state index in [1.165, 1.54) is 13.0 Å². The van der Waals surface area contributed by atoms with Gasteiger partial charge in [-0.1, -0.05) is 6.07 Å². The van der Waals surface area contributed by atoms with Crippen LogP contribution in [0.4, 0.5) is 5.69 Å². The molecule has 4 N–H and O–H groups in total. The third-order valence-electron chi connectivity index (χ3n) is 2.90. The number of nitrogens with two attached hydrogens (primary N) is 1. The van der Waals surface area contributed by atoms with Crippen LogP contribution in [0.5, 0.6) is 0 Å². The van der Waals surface area contributed by atoms with Crippen molar-refractivity contribution in [1.29, 1.82) is 5.26 Å². The van der Waals surface area contributed by atoms with Gasteiger partial charge in [-0.3, -0.25) is 14.4 Å². The summed E-state index contributed by atoms with van der Waals surface area (Å²) in [4.78, 5) is 34.5. The van der Waals surface area contributed by atoms with Crippen LogP contribution < -0.4 is 16.4 Å². The van der Waals surface area contributed by atoms with Crippen LogP contribution in [0.25, 0.3) is 0 Å². The van der Waals surface area contributed by atoms with Gasteiger partial charge in [0, 0.05) is 24.1 Å². The number of nitriles is 1. The zero-order valence-electron chi connectivity index (χ0n) is 12.4. The van der Waals surface area contributed by atoms with E-state index in [1.54, 1.807) is 25.1 Å². The van der Waals surface area contributed by atoms with Crippen molar-refractivity contribution in [3.8, 4) is 6.07 Å². The van der Waals surface area contributed by atoms with Gasteiger partial charge in [0.25, 0.3) is 5.91 Å². The third-order valence-corrected chi connectivity index (χ3v) is 2.90. The Labute approximate surface area is 128 Å². The van der Waals surface area contributed by atoms with Crippen molar-refractivity contribution in [2.45, 2.75) is 26.3 Å². The second-order valence-corrected chi connectivity index (χ2v) is 4.96. The summed E-state index contributed by atoms with van der Waals surface area (Å²) in [6.07, 6.45) is 0.142. The number of carbonyl (C=O) groups is 3. The lowest BCUT2D eigenvalue weighted by Crippen LogP contribution is -2.45. The van der Waals surface area contributed by atoms with Crippen LogP contribution in [0.1, 0.15) is 30.6 Å². The second kappa shape index (κ2) is 7.78. The van der Waals surface area contributed by atoms with E-state index in [9.17, 15) is 14.4 Å². The quantitative estimate of drug-likeness (QED) is 0.717. The molecule has 22 heavy (non-hydrogen) atoms. The first-order chi connectivity index (χ1) is 10.3. The molecular formula is C15H18N4O3. The molecule has 0 aliphatic carbocycles. The minimum Gasteiger partial charge on any atom is -0.368 e. The maximum absolute atomic E-state index is 12.2. The summed E-state index contributed by atoms with van der Waals surface area (Å²) in [5.41, 5.74) is 5.99. The number of carbonyl (C=O) groups excluding carboxylic acids is 3. The molecule has 0 aliphatic heterocycles. The van der Waals surface area contributed by atoms with E-state index >= 15 is 0 Å². The Balaban J connectivity index is 2.84. The molecule has 116 valence electrons. The van der Waals surface area contributed by atoms with Crippen LogP contribution in [0.3, 0.4) is 0 Å². The SMILES string of the molecule is CC(=O)Nc1cccc(C(=O)N[C@H](C[C@@H](C)C#N)C(N)=O)c1. The number of amides is 3. The Bertz CT molecular complexity index is 621. The molecule has 0 heterocycles. The fraction of sp³-hybridized carbons (Fsp3) is 0.333. The van der Waals surface area contributed by atoms with Gasteiger partial charge in [0.2, 0.25) is 11.8 Å². The minimum absolute atomic E-state index is 0.142. The minimum atomic E-state index is -0.924. The molecule has 0 saturated carbocycles. The molecule has 0 aromatic heterocycles. The van der Waals surface area contributed by atoms with Crippen molar-refractivity contribution in [3.63, 3.8) is 0 Å². The van der Waals surface area contributed by atoms with Gasteiger partial charge >= 0.3 is 0 Å². The van der Waals surface area contributed by atoms with Crippen molar-refractivity contribution in [1.82, 2.24) is 5.32 Å². The lowest BCUT2D eigenvalue weighted by molar-refractivity contribution is -0.120. The molecule has 0 aliphatic rings. The second-order valence-electron chi connectivity index (χ2n) is 4.96. The van der Waals surface area contributed by atoms with Crippen LogP contribution in [0.2, 0.25) is 0 Å². The van der Waals surface area contributed by atoms with Gasteiger partial charge in [-0.15, -0.1) is 0 Å². The summed E-state index contributed by atoms with van der Waals surface area (Å²) >= 11 is 0. The lowest BCUT2D eigenvalue weighted by Gasteiger charge is -2.16. The Morgan fingerprint density at radius 2 is 2.05 bits per heavy atom. The highest BCUT2D eigenvalue weighted by Gasteiger charge is 2.21. The van der Waals surface area contributed by atoms with Crippen LogP contribution in [-0.2, 0) is 9.59 Å². The predicted molar refractivity (Wildman–Crippen MR) is 80.6 cm³/mol. The number of benzene rings is 1. The molecule has 1 rings (SSSR count). The van der Waals surface area contributed by atoms with Gasteiger partial charge in [-0.2, -0.15) is 5.26 Å². The smallest absolute Gasteiger partial charge is 0.252 e. The van der Waals surface area contributed by atoms with E-state index < -0.39 is 23.8 Å². The predicted octanol–water partition coefficient (Wildman–Crippen LogP) is 0.778. The van der Waals surface area contributed by atoms with Gasteiger partial charge in [-0.25, -0.2) is 0 Å². The molecular weight excluding hydrogens is 284 g/mol. The maximum atomic E-state index is 12.2. The lowest BCUT2D eigenvalue weighted by atomic mass is 10.0. The van der Waals surface area contributed by atoms with Crippen LogP contribution in [0.15, 0.2) is 24.3 Å². The van der Waals surface area contributed by atoms with Gasteiger partial charge < -0.3 is 16.4 Å². The Morgan fingerprint density at radius 1 is 1.36 bits per heavy atom. The summed E-state index contributed by atoms with van der Waals surface area (Å²) in [5.74, 6) is -1.87. The zero-order valence-corrected chi connectivity index (χ0v) is 12.4. The van der Waals surface area contributed by atoms with Crippen LogP contribution >= 0.6 is 0 Å². The number of nitrogens with zero attached hydrogens (tertiary/aromatic N) is 1. The molecule has 3 amide bonds. The van der Waals surface area contributed by atoms with E-state index in [2.05, 4.69) is 10.6 Å². The first kappa shape index (κ1) is 17.2. The molecule has 7 nitrogen and oxygen atoms in total. The summed E-state index contributed by atoms with van der Waals surface area (Å²) in [5, 5.41) is 13.8. The molecule has 7 heteroatoms. The van der Waals surface area contributed by atoms with Crippen molar-refractivity contribution < 1.29 is 14.4 Å². The van der Waals surface area contributed by atoms with Crippen LogP contribution in [-0.4, -0.2) is 23.8 Å². The highest BCUT2D eigenvalue weighted by Crippen LogP contribution is 2.12. The van der Waals surface area contributed by atoms with E-state index in [-0.39, 0.29) is 17.9 Å². The molecule has 0 saturated heterocycles. The monoisotopic (exact) mass is 302 g/mol. The molecule has 2 atom stereocenters. The zero-order chi connectivity index (χ0) is 16.7. The topological polar surface area (TPSA) is 125 Å². The normalized spacial score (nSPS) is 12.6. The third kappa shape index (κ3) is 5.25. The van der Waals surface area contributed by atoms with E-state index in [0.29, 0.717) is 5.69 Å².